The highest BCUT2D eigenvalue weighted by Crippen LogP contribution is 2.51. The molecule has 1 aromatic carbocycles. The van der Waals surface area contributed by atoms with Gasteiger partial charge >= 0.3 is 0 Å². The minimum atomic E-state index is -0.903. The molecule has 0 spiro atoms. The average molecular weight is 218 g/mol. The van der Waals surface area contributed by atoms with Gasteiger partial charge < -0.3 is 5.11 Å². The summed E-state index contributed by atoms with van der Waals surface area (Å²) in [6.07, 6.45) is 0.944. The largest absolute Gasteiger partial charge is 0.508 e. The number of hydrogen-bond donors (Lipinski definition) is 1. The van der Waals surface area contributed by atoms with E-state index in [9.17, 15) is 5.11 Å². The van der Waals surface area contributed by atoms with E-state index in [0.717, 1.165) is 11.7 Å². The molecule has 0 aliphatic carbocycles. The number of aromatic hydroxyl groups is 1. The lowest BCUT2D eigenvalue weighted by Crippen LogP contribution is -1.92. The van der Waals surface area contributed by atoms with Gasteiger partial charge in [-0.1, -0.05) is 11.6 Å². The van der Waals surface area contributed by atoms with Crippen molar-refractivity contribution in [3.8, 4) is 5.75 Å². The zero-order chi connectivity index (χ0) is 10.1. The van der Waals surface area contributed by atoms with Gasteiger partial charge in [0.25, 0.3) is 0 Å². The van der Waals surface area contributed by atoms with Crippen molar-refractivity contribution < 1.29 is 5.11 Å². The lowest BCUT2D eigenvalue weighted by Gasteiger charge is -2.12. The van der Waals surface area contributed by atoms with E-state index in [1.807, 2.05) is 6.07 Å². The third-order valence-electron chi connectivity index (χ3n) is 1.69. The molecule has 0 aliphatic heterocycles. The van der Waals surface area contributed by atoms with Gasteiger partial charge in [0.2, 0.25) is 0 Å². The summed E-state index contributed by atoms with van der Waals surface area (Å²) >= 11 is 5.85. The maximum absolute atomic E-state index is 9.56. The van der Waals surface area contributed by atoms with Gasteiger partial charge in [0.05, 0.1) is 6.16 Å². The van der Waals surface area contributed by atoms with E-state index in [1.54, 1.807) is 12.1 Å². The van der Waals surface area contributed by atoms with Crippen LogP contribution in [0.4, 0.5) is 0 Å². The summed E-state index contributed by atoms with van der Waals surface area (Å²) in [6, 6.07) is 5.22. The van der Waals surface area contributed by atoms with Crippen molar-refractivity contribution in [2.45, 2.75) is 6.16 Å². The Labute approximate surface area is 85.1 Å². The molecule has 0 saturated heterocycles. The van der Waals surface area contributed by atoms with Gasteiger partial charge in [-0.05, 0) is 18.2 Å². The number of phenolic OH excluding ortho intramolecular Hbond substituents is 1. The molecule has 0 amide bonds. The van der Waals surface area contributed by atoms with Crippen molar-refractivity contribution in [1.29, 1.82) is 0 Å². The Hall–Kier alpha value is -0.260. The average Bonchev–Trinajstić information content (AvgIpc) is 1.94. The Kier molecular flexibility index (Phi) is 3.21. The molecule has 1 rings (SSSR count). The minimum Gasteiger partial charge on any atom is -0.508 e. The second-order valence-corrected chi connectivity index (χ2v) is 9.55. The van der Waals surface area contributed by atoms with Crippen LogP contribution < -0.4 is 0 Å². The van der Waals surface area contributed by atoms with Crippen LogP contribution in [0.2, 0.25) is 5.02 Å². The summed E-state index contributed by atoms with van der Waals surface area (Å²) < 4.78 is 0. The molecular formula is C10H15ClOP+. The maximum Gasteiger partial charge on any atom is 0.122 e. The fourth-order valence-electron chi connectivity index (χ4n) is 1.19. The van der Waals surface area contributed by atoms with Gasteiger partial charge in [0.1, 0.15) is 5.75 Å². The molecule has 0 radical (unpaired) electrons. The lowest BCUT2D eigenvalue weighted by molar-refractivity contribution is 0.470. The first-order chi connectivity index (χ1) is 5.88. The molecule has 0 fully saturated rings. The van der Waals surface area contributed by atoms with E-state index >= 15 is 0 Å². The summed E-state index contributed by atoms with van der Waals surface area (Å²) in [4.78, 5) is 0. The monoisotopic (exact) mass is 217 g/mol. The Bertz CT molecular complexity index is 304. The molecule has 13 heavy (non-hydrogen) atoms. The lowest BCUT2D eigenvalue weighted by atomic mass is 10.2. The highest BCUT2D eigenvalue weighted by atomic mass is 35.5. The highest BCUT2D eigenvalue weighted by molar-refractivity contribution is 7.73. The van der Waals surface area contributed by atoms with E-state index in [1.165, 1.54) is 0 Å². The number of benzene rings is 1. The van der Waals surface area contributed by atoms with Gasteiger partial charge in [-0.25, -0.2) is 0 Å². The molecule has 0 aromatic heterocycles. The molecule has 0 aliphatic rings. The number of hydrogen-bond acceptors (Lipinski definition) is 1. The van der Waals surface area contributed by atoms with Crippen LogP contribution in [0, 0.1) is 0 Å². The Balaban J connectivity index is 2.94. The maximum atomic E-state index is 9.56. The first kappa shape index (κ1) is 10.8. The molecule has 0 heterocycles. The van der Waals surface area contributed by atoms with Crippen molar-refractivity contribution in [3.63, 3.8) is 0 Å². The van der Waals surface area contributed by atoms with Crippen LogP contribution in [0.5, 0.6) is 5.75 Å². The topological polar surface area (TPSA) is 20.2 Å². The summed E-state index contributed by atoms with van der Waals surface area (Å²) in [5.41, 5.74) is 0.966. The van der Waals surface area contributed by atoms with Crippen LogP contribution in [0.1, 0.15) is 5.56 Å². The molecule has 0 bridgehead atoms. The Morgan fingerprint density at radius 3 is 2.46 bits per heavy atom. The molecule has 1 N–H and O–H groups in total. The second kappa shape index (κ2) is 3.86. The minimum absolute atomic E-state index is 0.360. The Morgan fingerprint density at radius 1 is 1.31 bits per heavy atom. The first-order valence-corrected chi connectivity index (χ1v) is 7.86. The van der Waals surface area contributed by atoms with Gasteiger partial charge in [0, 0.05) is 37.8 Å². The number of phenols is 1. The van der Waals surface area contributed by atoms with E-state index in [4.69, 9.17) is 11.6 Å². The second-order valence-electron chi connectivity index (χ2n) is 4.22. The van der Waals surface area contributed by atoms with E-state index in [-0.39, 0.29) is 0 Å². The standard InChI is InChI=1S/C10H14ClOP/c1-13(2,3)7-8-6-9(11)4-5-10(8)12/h4-6H,7H2,1-3H3/p+1. The van der Waals surface area contributed by atoms with Gasteiger partial charge in [-0.2, -0.15) is 0 Å². The van der Waals surface area contributed by atoms with Crippen LogP contribution >= 0.6 is 18.9 Å². The fourth-order valence-corrected chi connectivity index (χ4v) is 2.66. The quantitative estimate of drug-likeness (QED) is 0.753. The third kappa shape index (κ3) is 3.54. The Morgan fingerprint density at radius 2 is 1.92 bits per heavy atom. The smallest absolute Gasteiger partial charge is 0.122 e. The molecule has 1 aromatic rings. The van der Waals surface area contributed by atoms with Crippen LogP contribution in [0.25, 0.3) is 0 Å². The number of rotatable bonds is 2. The summed E-state index contributed by atoms with van der Waals surface area (Å²) in [5.74, 6) is 0.360. The first-order valence-electron chi connectivity index (χ1n) is 4.16. The van der Waals surface area contributed by atoms with Crippen LogP contribution in [0.3, 0.4) is 0 Å². The van der Waals surface area contributed by atoms with Crippen molar-refractivity contribution >= 4 is 18.9 Å². The predicted octanol–water partition coefficient (Wildman–Crippen LogP) is 3.45. The molecule has 72 valence electrons. The van der Waals surface area contributed by atoms with Crippen LogP contribution in [-0.4, -0.2) is 25.1 Å². The van der Waals surface area contributed by atoms with E-state index < -0.39 is 7.26 Å². The third-order valence-corrected chi connectivity index (χ3v) is 3.21. The van der Waals surface area contributed by atoms with E-state index in [0.29, 0.717) is 10.8 Å². The normalized spacial score (nSPS) is 11.7. The van der Waals surface area contributed by atoms with Crippen molar-refractivity contribution in [3.05, 3.63) is 28.8 Å². The molecule has 3 heteroatoms. The zero-order valence-corrected chi connectivity index (χ0v) is 9.86. The van der Waals surface area contributed by atoms with Crippen molar-refractivity contribution in [1.82, 2.24) is 0 Å². The van der Waals surface area contributed by atoms with Gasteiger partial charge in [-0.3, -0.25) is 0 Å². The molecule has 0 saturated carbocycles. The van der Waals surface area contributed by atoms with Gasteiger partial charge in [-0.15, -0.1) is 0 Å². The predicted molar refractivity (Wildman–Crippen MR) is 61.5 cm³/mol. The SMILES string of the molecule is C[P+](C)(C)Cc1cc(Cl)ccc1O. The molecule has 0 unspecified atom stereocenters. The molecule has 1 nitrogen and oxygen atoms in total. The summed E-state index contributed by atoms with van der Waals surface area (Å²) in [5, 5.41) is 10.3. The zero-order valence-electron chi connectivity index (χ0n) is 8.21. The number of halogens is 1. The fraction of sp³-hybridized carbons (Fsp3) is 0.400. The summed E-state index contributed by atoms with van der Waals surface area (Å²) in [6.45, 7) is 6.73. The van der Waals surface area contributed by atoms with Crippen molar-refractivity contribution in [2.24, 2.45) is 0 Å². The van der Waals surface area contributed by atoms with Crippen molar-refractivity contribution in [2.75, 3.05) is 20.0 Å². The van der Waals surface area contributed by atoms with Crippen LogP contribution in [-0.2, 0) is 6.16 Å². The summed E-state index contributed by atoms with van der Waals surface area (Å²) in [7, 11) is -0.903. The van der Waals surface area contributed by atoms with Crippen LogP contribution in [0.15, 0.2) is 18.2 Å². The van der Waals surface area contributed by atoms with E-state index in [2.05, 4.69) is 20.0 Å². The van der Waals surface area contributed by atoms with Gasteiger partial charge in [0.15, 0.2) is 0 Å². The molecular weight excluding hydrogens is 203 g/mol. The molecule has 0 atom stereocenters. The highest BCUT2D eigenvalue weighted by Gasteiger charge is 2.20.